The summed E-state index contributed by atoms with van der Waals surface area (Å²) < 4.78 is 0. The molecule has 2 unspecified atom stereocenters. The van der Waals surface area contributed by atoms with E-state index in [0.29, 0.717) is 12.6 Å². The minimum atomic E-state index is 0.261. The molecule has 0 aliphatic carbocycles. The molecule has 1 aliphatic heterocycles. The second-order valence-electron chi connectivity index (χ2n) is 5.34. The summed E-state index contributed by atoms with van der Waals surface area (Å²) in [4.78, 5) is 6.77. The van der Waals surface area contributed by atoms with Gasteiger partial charge in [0.1, 0.15) is 0 Å². The van der Waals surface area contributed by atoms with Crippen molar-refractivity contribution in [2.24, 2.45) is 5.73 Å². The van der Waals surface area contributed by atoms with Gasteiger partial charge in [0.2, 0.25) is 0 Å². The summed E-state index contributed by atoms with van der Waals surface area (Å²) in [7, 11) is 0. The fraction of sp³-hybridized carbons (Fsp3) is 0.353. The first-order valence-electron chi connectivity index (χ1n) is 7.31. The molecular formula is C17H21N3. The zero-order chi connectivity index (χ0) is 13.8. The molecule has 0 spiro atoms. The molecule has 3 nitrogen and oxygen atoms in total. The summed E-state index contributed by atoms with van der Waals surface area (Å²) in [6.45, 7) is 1.74. The van der Waals surface area contributed by atoms with Crippen LogP contribution in [0.3, 0.4) is 0 Å². The van der Waals surface area contributed by atoms with Crippen LogP contribution in [0.5, 0.6) is 0 Å². The lowest BCUT2D eigenvalue weighted by molar-refractivity contribution is 0.185. The van der Waals surface area contributed by atoms with Crippen LogP contribution in [0.1, 0.15) is 36.1 Å². The average molecular weight is 267 g/mol. The van der Waals surface area contributed by atoms with Crippen LogP contribution in [0.4, 0.5) is 0 Å². The highest BCUT2D eigenvalue weighted by Gasteiger charge is 2.31. The van der Waals surface area contributed by atoms with Crippen molar-refractivity contribution in [1.82, 2.24) is 9.88 Å². The van der Waals surface area contributed by atoms with Crippen LogP contribution in [0.15, 0.2) is 54.9 Å². The summed E-state index contributed by atoms with van der Waals surface area (Å²) in [5.41, 5.74) is 8.67. The van der Waals surface area contributed by atoms with Crippen molar-refractivity contribution in [2.45, 2.75) is 24.9 Å². The molecule has 0 amide bonds. The zero-order valence-electron chi connectivity index (χ0n) is 11.7. The number of pyridine rings is 1. The van der Waals surface area contributed by atoms with Gasteiger partial charge in [-0.2, -0.15) is 0 Å². The van der Waals surface area contributed by atoms with Crippen LogP contribution in [0.2, 0.25) is 0 Å². The van der Waals surface area contributed by atoms with E-state index in [2.05, 4.69) is 46.3 Å². The van der Waals surface area contributed by atoms with Crippen LogP contribution in [0.25, 0.3) is 0 Å². The van der Waals surface area contributed by atoms with Crippen molar-refractivity contribution in [1.29, 1.82) is 0 Å². The van der Waals surface area contributed by atoms with Crippen molar-refractivity contribution in [3.8, 4) is 0 Å². The first-order chi connectivity index (χ1) is 9.90. The van der Waals surface area contributed by atoms with E-state index in [1.54, 1.807) is 0 Å². The third-order valence-electron chi connectivity index (χ3n) is 4.17. The van der Waals surface area contributed by atoms with Gasteiger partial charge < -0.3 is 5.73 Å². The van der Waals surface area contributed by atoms with Gasteiger partial charge in [-0.15, -0.1) is 0 Å². The number of likely N-dealkylation sites (tertiary alicyclic amines) is 1. The number of aromatic nitrogens is 1. The first kappa shape index (κ1) is 13.3. The van der Waals surface area contributed by atoms with Gasteiger partial charge >= 0.3 is 0 Å². The molecule has 20 heavy (non-hydrogen) atoms. The molecule has 0 bridgehead atoms. The second kappa shape index (κ2) is 6.16. The predicted octanol–water partition coefficient (Wildman–Crippen LogP) is 2.92. The van der Waals surface area contributed by atoms with Gasteiger partial charge in [-0.1, -0.05) is 36.4 Å². The van der Waals surface area contributed by atoms with Gasteiger partial charge in [-0.3, -0.25) is 9.88 Å². The lowest BCUT2D eigenvalue weighted by atomic mass is 10.0. The highest BCUT2D eigenvalue weighted by atomic mass is 15.2. The van der Waals surface area contributed by atoms with E-state index >= 15 is 0 Å². The molecule has 1 saturated heterocycles. The highest BCUT2D eigenvalue weighted by molar-refractivity contribution is 5.22. The Kier molecular flexibility index (Phi) is 4.09. The number of nitrogens with zero attached hydrogens (tertiary/aromatic N) is 2. The number of nitrogens with two attached hydrogens (primary N) is 1. The SMILES string of the molecule is NCC(c1cccnc1)N1CCCC1c1ccccc1. The van der Waals surface area contributed by atoms with E-state index in [-0.39, 0.29) is 6.04 Å². The van der Waals surface area contributed by atoms with E-state index in [4.69, 9.17) is 5.73 Å². The highest BCUT2D eigenvalue weighted by Crippen LogP contribution is 2.37. The fourth-order valence-corrected chi connectivity index (χ4v) is 3.23. The first-order valence-corrected chi connectivity index (χ1v) is 7.31. The van der Waals surface area contributed by atoms with Crippen molar-refractivity contribution in [3.63, 3.8) is 0 Å². The van der Waals surface area contributed by atoms with Gasteiger partial charge in [-0.25, -0.2) is 0 Å². The Bertz CT molecular complexity index is 526. The second-order valence-corrected chi connectivity index (χ2v) is 5.34. The lowest BCUT2D eigenvalue weighted by Crippen LogP contribution is -2.33. The van der Waals surface area contributed by atoms with Crippen molar-refractivity contribution in [2.75, 3.05) is 13.1 Å². The third kappa shape index (κ3) is 2.60. The quantitative estimate of drug-likeness (QED) is 0.926. The molecule has 2 heterocycles. The molecule has 3 heteroatoms. The van der Waals surface area contributed by atoms with Crippen molar-refractivity contribution >= 4 is 0 Å². The number of benzene rings is 1. The molecule has 1 aliphatic rings. The molecule has 1 fully saturated rings. The Morgan fingerprint density at radius 1 is 1.20 bits per heavy atom. The largest absolute Gasteiger partial charge is 0.329 e. The Hall–Kier alpha value is -1.71. The summed E-state index contributed by atoms with van der Waals surface area (Å²) in [6.07, 6.45) is 6.20. The van der Waals surface area contributed by atoms with E-state index in [1.165, 1.54) is 24.0 Å². The van der Waals surface area contributed by atoms with Crippen molar-refractivity contribution in [3.05, 3.63) is 66.0 Å². The Balaban J connectivity index is 1.87. The molecular weight excluding hydrogens is 246 g/mol. The Morgan fingerprint density at radius 3 is 2.75 bits per heavy atom. The smallest absolute Gasteiger partial charge is 0.0491 e. The van der Waals surface area contributed by atoms with E-state index in [1.807, 2.05) is 18.5 Å². The van der Waals surface area contributed by atoms with Crippen LogP contribution in [-0.4, -0.2) is 23.0 Å². The minimum absolute atomic E-state index is 0.261. The topological polar surface area (TPSA) is 42.1 Å². The summed E-state index contributed by atoms with van der Waals surface area (Å²) in [5, 5.41) is 0. The number of rotatable bonds is 4. The maximum Gasteiger partial charge on any atom is 0.0491 e. The van der Waals surface area contributed by atoms with Gasteiger partial charge in [0.15, 0.2) is 0 Å². The normalized spacial score (nSPS) is 20.9. The molecule has 2 aromatic rings. The monoisotopic (exact) mass is 267 g/mol. The summed E-state index contributed by atoms with van der Waals surface area (Å²) in [5.74, 6) is 0. The van der Waals surface area contributed by atoms with Gasteiger partial charge in [-0.05, 0) is 36.6 Å². The third-order valence-corrected chi connectivity index (χ3v) is 4.17. The summed E-state index contributed by atoms with van der Waals surface area (Å²) >= 11 is 0. The van der Waals surface area contributed by atoms with E-state index in [9.17, 15) is 0 Å². The summed E-state index contributed by atoms with van der Waals surface area (Å²) in [6, 6.07) is 15.6. The Morgan fingerprint density at radius 2 is 2.05 bits per heavy atom. The lowest BCUT2D eigenvalue weighted by Gasteiger charge is -2.32. The minimum Gasteiger partial charge on any atom is -0.329 e. The molecule has 0 saturated carbocycles. The predicted molar refractivity (Wildman–Crippen MR) is 81.2 cm³/mol. The van der Waals surface area contributed by atoms with E-state index in [0.717, 1.165) is 6.54 Å². The van der Waals surface area contributed by atoms with Gasteiger partial charge in [0.05, 0.1) is 0 Å². The zero-order valence-corrected chi connectivity index (χ0v) is 11.7. The van der Waals surface area contributed by atoms with Crippen LogP contribution in [-0.2, 0) is 0 Å². The van der Waals surface area contributed by atoms with Crippen molar-refractivity contribution < 1.29 is 0 Å². The van der Waals surface area contributed by atoms with Crippen LogP contribution in [0, 0.1) is 0 Å². The van der Waals surface area contributed by atoms with Crippen LogP contribution < -0.4 is 5.73 Å². The average Bonchev–Trinajstić information content (AvgIpc) is 2.99. The Labute approximate surface area is 120 Å². The number of hydrogen-bond donors (Lipinski definition) is 1. The maximum absolute atomic E-state index is 6.06. The maximum atomic E-state index is 6.06. The molecule has 0 radical (unpaired) electrons. The standard InChI is InChI=1S/C17H21N3/c18-12-17(15-8-4-10-19-13-15)20-11-5-9-16(20)14-6-2-1-3-7-14/h1-4,6-8,10,13,16-17H,5,9,11-12,18H2. The molecule has 2 atom stereocenters. The molecule has 1 aromatic carbocycles. The van der Waals surface area contributed by atoms with Gasteiger partial charge in [0, 0.05) is 31.0 Å². The number of hydrogen-bond acceptors (Lipinski definition) is 3. The van der Waals surface area contributed by atoms with E-state index < -0.39 is 0 Å². The molecule has 1 aromatic heterocycles. The molecule has 3 rings (SSSR count). The van der Waals surface area contributed by atoms with Crippen LogP contribution >= 0.6 is 0 Å². The fourth-order valence-electron chi connectivity index (χ4n) is 3.23. The molecule has 104 valence electrons. The molecule has 2 N–H and O–H groups in total. The van der Waals surface area contributed by atoms with Gasteiger partial charge in [0.25, 0.3) is 0 Å².